The van der Waals surface area contributed by atoms with Gasteiger partial charge in [0.15, 0.2) is 0 Å². The maximum absolute atomic E-state index is 12.9. The van der Waals surface area contributed by atoms with Crippen molar-refractivity contribution in [3.8, 4) is 0 Å². The standard InChI is InChI=1S/C19H20N2O4S/c1-13-11-16-15(12-18(22)20-26(2,24)25)9-6-10-17(16)21(13)19(23)14-7-4-3-5-8-14/h3-10,13H,11-12H2,1-2H3,(H,20,22). The molecule has 0 fully saturated rings. The zero-order valence-electron chi connectivity index (χ0n) is 14.6. The normalized spacial score (nSPS) is 16.2. The Balaban J connectivity index is 1.90. The number of sulfonamides is 1. The van der Waals surface area contributed by atoms with Gasteiger partial charge >= 0.3 is 0 Å². The molecule has 7 heteroatoms. The van der Waals surface area contributed by atoms with Gasteiger partial charge in [0, 0.05) is 17.3 Å². The Morgan fingerprint density at radius 1 is 1.12 bits per heavy atom. The lowest BCUT2D eigenvalue weighted by atomic mass is 10.0. The first-order valence-corrected chi connectivity index (χ1v) is 10.2. The molecule has 2 aromatic carbocycles. The largest absolute Gasteiger partial charge is 0.305 e. The maximum Gasteiger partial charge on any atom is 0.258 e. The lowest BCUT2D eigenvalue weighted by molar-refractivity contribution is -0.118. The molecule has 1 N–H and O–H groups in total. The molecule has 0 saturated heterocycles. The van der Waals surface area contributed by atoms with Gasteiger partial charge in [-0.3, -0.25) is 14.3 Å². The van der Waals surface area contributed by atoms with Crippen molar-refractivity contribution >= 4 is 27.5 Å². The summed E-state index contributed by atoms with van der Waals surface area (Å²) in [5, 5.41) is 0. The molecule has 1 unspecified atom stereocenters. The lowest BCUT2D eigenvalue weighted by Gasteiger charge is -2.23. The molecule has 1 aliphatic rings. The van der Waals surface area contributed by atoms with Crippen LogP contribution in [0.4, 0.5) is 5.69 Å². The number of fused-ring (bicyclic) bond motifs is 1. The number of hydrogen-bond acceptors (Lipinski definition) is 4. The third-order valence-corrected chi connectivity index (χ3v) is 4.94. The highest BCUT2D eigenvalue weighted by Crippen LogP contribution is 2.35. The number of benzene rings is 2. The van der Waals surface area contributed by atoms with Crippen LogP contribution in [0.2, 0.25) is 0 Å². The summed E-state index contributed by atoms with van der Waals surface area (Å²) in [6, 6.07) is 14.4. The zero-order valence-corrected chi connectivity index (χ0v) is 15.4. The summed E-state index contributed by atoms with van der Waals surface area (Å²) in [4.78, 5) is 26.6. The number of carbonyl (C=O) groups is 2. The van der Waals surface area contributed by atoms with Gasteiger partial charge in [0.05, 0.1) is 12.7 Å². The average Bonchev–Trinajstić information content (AvgIpc) is 2.90. The Morgan fingerprint density at radius 2 is 1.81 bits per heavy atom. The van der Waals surface area contributed by atoms with Crippen LogP contribution in [-0.4, -0.2) is 32.5 Å². The summed E-state index contributed by atoms with van der Waals surface area (Å²) >= 11 is 0. The number of amides is 2. The highest BCUT2D eigenvalue weighted by atomic mass is 32.2. The average molecular weight is 372 g/mol. The summed E-state index contributed by atoms with van der Waals surface area (Å²) in [5.41, 5.74) is 3.02. The van der Waals surface area contributed by atoms with Crippen molar-refractivity contribution in [1.29, 1.82) is 0 Å². The number of hydrogen-bond donors (Lipinski definition) is 1. The Morgan fingerprint density at radius 3 is 2.46 bits per heavy atom. The van der Waals surface area contributed by atoms with Crippen LogP contribution < -0.4 is 9.62 Å². The van der Waals surface area contributed by atoms with E-state index >= 15 is 0 Å². The van der Waals surface area contributed by atoms with Crippen LogP contribution in [0.1, 0.15) is 28.4 Å². The minimum atomic E-state index is -3.59. The van der Waals surface area contributed by atoms with Gasteiger partial charge in [-0.25, -0.2) is 8.42 Å². The number of carbonyl (C=O) groups excluding carboxylic acids is 2. The van der Waals surface area contributed by atoms with Gasteiger partial charge in [-0.15, -0.1) is 0 Å². The molecule has 0 bridgehead atoms. The van der Waals surface area contributed by atoms with Gasteiger partial charge in [-0.05, 0) is 42.7 Å². The summed E-state index contributed by atoms with van der Waals surface area (Å²) in [7, 11) is -3.59. The topological polar surface area (TPSA) is 83.6 Å². The molecule has 0 aliphatic carbocycles. The molecule has 26 heavy (non-hydrogen) atoms. The molecule has 0 aromatic heterocycles. The van der Waals surface area contributed by atoms with Crippen LogP contribution >= 0.6 is 0 Å². The van der Waals surface area contributed by atoms with Gasteiger partial charge in [0.1, 0.15) is 0 Å². The van der Waals surface area contributed by atoms with Crippen LogP contribution in [0.5, 0.6) is 0 Å². The van der Waals surface area contributed by atoms with Crippen molar-refractivity contribution in [3.63, 3.8) is 0 Å². The monoisotopic (exact) mass is 372 g/mol. The third kappa shape index (κ3) is 3.77. The zero-order chi connectivity index (χ0) is 18.9. The SMILES string of the molecule is CC1Cc2c(CC(=O)NS(C)(=O)=O)cccc2N1C(=O)c1ccccc1. The molecule has 1 atom stereocenters. The molecule has 0 radical (unpaired) electrons. The van der Waals surface area contributed by atoms with E-state index < -0.39 is 15.9 Å². The van der Waals surface area contributed by atoms with Crippen molar-refractivity contribution in [3.05, 3.63) is 65.2 Å². The summed E-state index contributed by atoms with van der Waals surface area (Å²) in [5.74, 6) is -0.670. The second-order valence-electron chi connectivity index (χ2n) is 6.48. The number of anilines is 1. The van der Waals surface area contributed by atoms with Crippen LogP contribution in [0.25, 0.3) is 0 Å². The lowest BCUT2D eigenvalue weighted by Crippen LogP contribution is -2.35. The van der Waals surface area contributed by atoms with Crippen molar-refractivity contribution in [1.82, 2.24) is 4.72 Å². The molecular formula is C19H20N2O4S. The first kappa shape index (κ1) is 18.1. The predicted molar refractivity (Wildman–Crippen MR) is 99.6 cm³/mol. The fourth-order valence-electron chi connectivity index (χ4n) is 3.32. The molecule has 1 aliphatic heterocycles. The van der Waals surface area contributed by atoms with E-state index in [1.54, 1.807) is 29.2 Å². The molecule has 2 amide bonds. The van der Waals surface area contributed by atoms with Crippen molar-refractivity contribution in [2.75, 3.05) is 11.2 Å². The number of nitrogens with zero attached hydrogens (tertiary/aromatic N) is 1. The molecule has 0 spiro atoms. The molecule has 3 rings (SSSR count). The Bertz CT molecular complexity index is 955. The van der Waals surface area contributed by atoms with E-state index in [0.29, 0.717) is 12.0 Å². The van der Waals surface area contributed by atoms with Gasteiger partial charge in [0.25, 0.3) is 5.91 Å². The highest BCUT2D eigenvalue weighted by Gasteiger charge is 2.33. The molecule has 136 valence electrons. The molecule has 6 nitrogen and oxygen atoms in total. The fourth-order valence-corrected chi connectivity index (χ4v) is 3.80. The Labute approximate surface area is 152 Å². The van der Waals surface area contributed by atoms with Crippen LogP contribution in [0.15, 0.2) is 48.5 Å². The third-order valence-electron chi connectivity index (χ3n) is 4.34. The minimum Gasteiger partial charge on any atom is -0.305 e. The predicted octanol–water partition coefficient (Wildman–Crippen LogP) is 1.90. The first-order valence-electron chi connectivity index (χ1n) is 8.26. The number of rotatable bonds is 4. The van der Waals surface area contributed by atoms with E-state index in [-0.39, 0.29) is 18.4 Å². The second kappa shape index (κ2) is 6.92. The molecule has 0 saturated carbocycles. The van der Waals surface area contributed by atoms with Crippen molar-refractivity contribution < 1.29 is 18.0 Å². The quantitative estimate of drug-likeness (QED) is 0.888. The van der Waals surface area contributed by atoms with Crippen molar-refractivity contribution in [2.24, 2.45) is 0 Å². The van der Waals surface area contributed by atoms with Crippen LogP contribution in [-0.2, 0) is 27.7 Å². The summed E-state index contributed by atoms with van der Waals surface area (Å²) in [6.45, 7) is 1.96. The minimum absolute atomic E-state index is 0.0446. The van der Waals surface area contributed by atoms with E-state index in [9.17, 15) is 18.0 Å². The van der Waals surface area contributed by atoms with Gasteiger partial charge in [-0.1, -0.05) is 30.3 Å². The second-order valence-corrected chi connectivity index (χ2v) is 8.23. The first-order chi connectivity index (χ1) is 12.3. The van der Waals surface area contributed by atoms with E-state index in [1.165, 1.54) is 0 Å². The molecular weight excluding hydrogens is 352 g/mol. The summed E-state index contributed by atoms with van der Waals surface area (Å²) < 4.78 is 24.4. The molecule has 1 heterocycles. The van der Waals surface area contributed by atoms with E-state index in [0.717, 1.165) is 23.1 Å². The van der Waals surface area contributed by atoms with E-state index in [4.69, 9.17) is 0 Å². The number of nitrogens with one attached hydrogen (secondary N) is 1. The van der Waals surface area contributed by atoms with Gasteiger partial charge in [0.2, 0.25) is 15.9 Å². The van der Waals surface area contributed by atoms with Gasteiger partial charge in [-0.2, -0.15) is 0 Å². The van der Waals surface area contributed by atoms with E-state index in [1.807, 2.05) is 35.9 Å². The maximum atomic E-state index is 12.9. The Hall–Kier alpha value is -2.67. The van der Waals surface area contributed by atoms with Crippen LogP contribution in [0, 0.1) is 0 Å². The van der Waals surface area contributed by atoms with Crippen molar-refractivity contribution in [2.45, 2.75) is 25.8 Å². The van der Waals surface area contributed by atoms with E-state index in [2.05, 4.69) is 0 Å². The van der Waals surface area contributed by atoms with Gasteiger partial charge < -0.3 is 4.90 Å². The Kier molecular flexibility index (Phi) is 4.82. The highest BCUT2D eigenvalue weighted by molar-refractivity contribution is 7.89. The van der Waals surface area contributed by atoms with Crippen LogP contribution in [0.3, 0.4) is 0 Å². The fraction of sp³-hybridized carbons (Fsp3) is 0.263. The molecule has 2 aromatic rings. The smallest absolute Gasteiger partial charge is 0.258 e. The summed E-state index contributed by atoms with van der Waals surface area (Å²) in [6.07, 6.45) is 1.52.